The van der Waals surface area contributed by atoms with Crippen molar-refractivity contribution in [2.75, 3.05) is 0 Å². The van der Waals surface area contributed by atoms with Gasteiger partial charge in [0.2, 0.25) is 0 Å². The second kappa shape index (κ2) is 4.47. The molecule has 0 radical (unpaired) electrons. The minimum atomic E-state index is -1.05. The molecule has 1 rings (SSSR count). The van der Waals surface area contributed by atoms with Crippen LogP contribution in [0.4, 0.5) is 0 Å². The molecule has 0 amide bonds. The number of hydrogen-bond donors (Lipinski definition) is 1. The number of halogens is 3. The van der Waals surface area contributed by atoms with Crippen molar-refractivity contribution in [1.29, 1.82) is 0 Å². The fraction of sp³-hybridized carbons (Fsp3) is 0. The summed E-state index contributed by atoms with van der Waals surface area (Å²) in [6.07, 6.45) is 0. The first kappa shape index (κ1) is 11.8. The van der Waals surface area contributed by atoms with Gasteiger partial charge in [-0.05, 0) is 73.8 Å². The Kier molecular flexibility index (Phi) is 4.04. The number of hydrogen-bond acceptors (Lipinski definition) is 2. The van der Waals surface area contributed by atoms with Crippen LogP contribution in [0.15, 0.2) is 6.07 Å². The van der Waals surface area contributed by atoms with E-state index in [0.717, 1.165) is 0 Å². The summed E-state index contributed by atoms with van der Waals surface area (Å²) in [6.45, 7) is 0. The lowest BCUT2D eigenvalue weighted by Gasteiger charge is -2.14. The molecule has 70 valence electrons. The Bertz CT molecular complexity index is 376. The molecule has 0 spiro atoms. The molecule has 0 saturated carbocycles. The van der Waals surface area contributed by atoms with Crippen molar-refractivity contribution in [3.8, 4) is 5.75 Å². The van der Waals surface area contributed by atoms with E-state index in [-0.39, 0.29) is 14.9 Å². The Morgan fingerprint density at radius 3 is 2.31 bits per heavy atom. The molecule has 0 heterocycles. The summed E-state index contributed by atoms with van der Waals surface area (Å²) in [5, 5.41) is 20.2. The van der Waals surface area contributed by atoms with Gasteiger partial charge in [-0.15, -0.1) is 0 Å². The fourth-order valence-corrected chi connectivity index (χ4v) is 4.60. The highest BCUT2D eigenvalue weighted by atomic mass is 127. The SMILES string of the molecule is O=C(O)c1c(I)cc(I)c([O-])c1I. The third-order valence-corrected chi connectivity index (χ3v) is 4.02. The Morgan fingerprint density at radius 1 is 1.31 bits per heavy atom. The predicted octanol–water partition coefficient (Wildman–Crippen LogP) is 2.27. The number of benzene rings is 1. The summed E-state index contributed by atoms with van der Waals surface area (Å²) in [6, 6.07) is 1.58. The number of carboxylic acids is 1. The van der Waals surface area contributed by atoms with Crippen LogP contribution in [-0.4, -0.2) is 11.1 Å². The molecule has 6 heteroatoms. The lowest BCUT2D eigenvalue weighted by molar-refractivity contribution is -0.271. The lowest BCUT2D eigenvalue weighted by atomic mass is 10.2. The van der Waals surface area contributed by atoms with Crippen LogP contribution in [0.25, 0.3) is 0 Å². The highest BCUT2D eigenvalue weighted by Crippen LogP contribution is 2.30. The Morgan fingerprint density at radius 2 is 1.85 bits per heavy atom. The third kappa shape index (κ3) is 2.37. The van der Waals surface area contributed by atoms with Crippen LogP contribution in [0.3, 0.4) is 0 Å². The van der Waals surface area contributed by atoms with Crippen molar-refractivity contribution in [2.45, 2.75) is 0 Å². The molecule has 0 atom stereocenters. The molecule has 1 N–H and O–H groups in total. The van der Waals surface area contributed by atoms with Crippen molar-refractivity contribution in [1.82, 2.24) is 0 Å². The van der Waals surface area contributed by atoms with E-state index in [9.17, 15) is 9.90 Å². The van der Waals surface area contributed by atoms with Crippen molar-refractivity contribution in [3.05, 3.63) is 22.3 Å². The van der Waals surface area contributed by atoms with E-state index in [2.05, 4.69) is 0 Å². The summed E-state index contributed by atoms with van der Waals surface area (Å²) < 4.78 is 1.43. The van der Waals surface area contributed by atoms with Crippen molar-refractivity contribution in [3.63, 3.8) is 0 Å². The second-order valence-electron chi connectivity index (χ2n) is 2.16. The molecule has 0 bridgehead atoms. The summed E-state index contributed by atoms with van der Waals surface area (Å²) in [4.78, 5) is 10.8. The van der Waals surface area contributed by atoms with Gasteiger partial charge in [-0.2, -0.15) is 0 Å². The molecule has 1 aromatic rings. The van der Waals surface area contributed by atoms with Gasteiger partial charge in [-0.25, -0.2) is 4.79 Å². The van der Waals surface area contributed by atoms with Crippen LogP contribution in [0.2, 0.25) is 0 Å². The van der Waals surface area contributed by atoms with Gasteiger partial charge >= 0.3 is 5.97 Å². The molecule has 0 unspecified atom stereocenters. The standard InChI is InChI=1S/C7H3I3O3/c8-2-1-3(9)6(11)5(10)4(2)7(12)13/h1,11H,(H,12,13)/p-1. The minimum Gasteiger partial charge on any atom is -0.871 e. The van der Waals surface area contributed by atoms with E-state index >= 15 is 0 Å². The van der Waals surface area contributed by atoms with E-state index in [1.165, 1.54) is 0 Å². The molecule has 0 aromatic heterocycles. The monoisotopic (exact) mass is 515 g/mol. The van der Waals surface area contributed by atoms with Gasteiger partial charge < -0.3 is 10.2 Å². The fourth-order valence-electron chi connectivity index (χ4n) is 0.768. The van der Waals surface area contributed by atoms with Gasteiger partial charge in [0.1, 0.15) is 0 Å². The summed E-state index contributed by atoms with van der Waals surface area (Å²) in [5.41, 5.74) is 0.103. The van der Waals surface area contributed by atoms with E-state index < -0.39 is 5.97 Å². The van der Waals surface area contributed by atoms with E-state index in [1.54, 1.807) is 28.7 Å². The van der Waals surface area contributed by atoms with Crippen LogP contribution in [0.1, 0.15) is 10.4 Å². The number of carboxylic acid groups (broad SMARTS) is 1. The van der Waals surface area contributed by atoms with Crippen LogP contribution in [0, 0.1) is 10.7 Å². The zero-order valence-electron chi connectivity index (χ0n) is 5.97. The van der Waals surface area contributed by atoms with Gasteiger partial charge in [0.15, 0.2) is 0 Å². The molecule has 0 aliphatic carbocycles. The molecule has 0 aliphatic rings. The van der Waals surface area contributed by atoms with Gasteiger partial charge in [0, 0.05) is 10.7 Å². The number of aromatic carboxylic acids is 1. The quantitative estimate of drug-likeness (QED) is 0.585. The van der Waals surface area contributed by atoms with Crippen molar-refractivity contribution >= 4 is 73.7 Å². The number of rotatable bonds is 1. The minimum absolute atomic E-state index is 0.103. The first-order chi connectivity index (χ1) is 5.95. The van der Waals surface area contributed by atoms with E-state index in [0.29, 0.717) is 7.14 Å². The molecule has 0 fully saturated rings. The van der Waals surface area contributed by atoms with Crippen molar-refractivity contribution < 1.29 is 15.0 Å². The summed E-state index contributed by atoms with van der Waals surface area (Å²) in [7, 11) is 0. The molecular weight excluding hydrogens is 513 g/mol. The molecule has 0 saturated heterocycles. The Labute approximate surface area is 115 Å². The molecule has 1 aromatic carbocycles. The predicted molar refractivity (Wildman–Crippen MR) is 71.0 cm³/mol. The van der Waals surface area contributed by atoms with Gasteiger partial charge in [0.05, 0.1) is 5.56 Å². The molecule has 13 heavy (non-hydrogen) atoms. The van der Waals surface area contributed by atoms with Gasteiger partial charge in [0.25, 0.3) is 0 Å². The molecule has 0 aliphatic heterocycles. The van der Waals surface area contributed by atoms with Gasteiger partial charge in [-0.1, -0.05) is 5.75 Å². The summed E-state index contributed by atoms with van der Waals surface area (Å²) in [5.74, 6) is -1.26. The first-order valence-corrected chi connectivity index (χ1v) is 6.26. The van der Waals surface area contributed by atoms with Crippen LogP contribution < -0.4 is 5.11 Å². The third-order valence-electron chi connectivity index (χ3n) is 1.34. The maximum Gasteiger partial charge on any atom is 0.337 e. The lowest BCUT2D eigenvalue weighted by Crippen LogP contribution is -2.08. The molecule has 3 nitrogen and oxygen atoms in total. The van der Waals surface area contributed by atoms with E-state index in [4.69, 9.17) is 5.11 Å². The van der Waals surface area contributed by atoms with Gasteiger partial charge in [-0.3, -0.25) is 0 Å². The van der Waals surface area contributed by atoms with Crippen LogP contribution >= 0.6 is 67.8 Å². The van der Waals surface area contributed by atoms with Crippen LogP contribution in [0.5, 0.6) is 5.75 Å². The first-order valence-electron chi connectivity index (χ1n) is 3.03. The Hall–Kier alpha value is 0.680. The van der Waals surface area contributed by atoms with E-state index in [1.807, 2.05) is 45.2 Å². The smallest absolute Gasteiger partial charge is 0.337 e. The van der Waals surface area contributed by atoms with Crippen molar-refractivity contribution in [2.24, 2.45) is 0 Å². The zero-order valence-corrected chi connectivity index (χ0v) is 12.4. The molecular formula is C7H2I3O3-. The normalized spacial score (nSPS) is 10.1. The maximum absolute atomic E-state index is 11.4. The average molecular weight is 515 g/mol. The maximum atomic E-state index is 11.4. The van der Waals surface area contributed by atoms with Crippen LogP contribution in [-0.2, 0) is 0 Å². The Balaban J connectivity index is 3.53. The number of carbonyl (C=O) groups is 1. The second-order valence-corrected chi connectivity index (χ2v) is 5.57. The largest absolute Gasteiger partial charge is 0.871 e. The summed E-state index contributed by atoms with van der Waals surface area (Å²) >= 11 is 5.58. The zero-order chi connectivity index (χ0) is 10.2. The highest BCUT2D eigenvalue weighted by molar-refractivity contribution is 14.1. The topological polar surface area (TPSA) is 60.4 Å². The average Bonchev–Trinajstić information content (AvgIpc) is 1.99. The highest BCUT2D eigenvalue weighted by Gasteiger charge is 2.14.